The minimum absolute atomic E-state index is 0.0585. The molecule has 0 heterocycles. The van der Waals surface area contributed by atoms with E-state index >= 15 is 0 Å². The highest BCUT2D eigenvalue weighted by Crippen LogP contribution is 2.32. The molecule has 5 nitrogen and oxygen atoms in total. The maximum Gasteiger partial charge on any atom is 0.416 e. The lowest BCUT2D eigenvalue weighted by molar-refractivity contribution is -0.145. The minimum Gasteiger partial charge on any atom is -0.469 e. The Morgan fingerprint density at radius 3 is 2.52 bits per heavy atom. The maximum atomic E-state index is 13.3. The molecule has 8 heteroatoms. The van der Waals surface area contributed by atoms with E-state index < -0.39 is 17.6 Å². The third kappa shape index (κ3) is 5.64. The van der Waals surface area contributed by atoms with Crippen LogP contribution in [0.25, 0.3) is 0 Å². The third-order valence-corrected chi connectivity index (χ3v) is 5.31. The number of anilines is 1. The molecular weight excluding hydrogens is 409 g/mol. The summed E-state index contributed by atoms with van der Waals surface area (Å²) in [6.45, 7) is 0.276. The Kier molecular flexibility index (Phi) is 6.69. The number of alkyl halides is 3. The number of halogens is 3. The van der Waals surface area contributed by atoms with Gasteiger partial charge in [0.1, 0.15) is 0 Å². The van der Waals surface area contributed by atoms with Crippen LogP contribution < -0.4 is 5.32 Å². The average Bonchev–Trinajstić information content (AvgIpc) is 2.71. The Labute approximate surface area is 179 Å². The van der Waals surface area contributed by atoms with Gasteiger partial charge in [0.05, 0.1) is 18.6 Å². The van der Waals surface area contributed by atoms with E-state index in [1.165, 1.54) is 13.2 Å². The molecule has 0 spiro atoms. The first-order valence-electron chi connectivity index (χ1n) is 9.93. The lowest BCUT2D eigenvalue weighted by atomic mass is 9.83. The van der Waals surface area contributed by atoms with Crippen LogP contribution in [0.1, 0.15) is 39.0 Å². The zero-order valence-corrected chi connectivity index (χ0v) is 17.7. The predicted molar refractivity (Wildman–Crippen MR) is 111 cm³/mol. The standard InChI is InChI=1S/C23H25F3N2O3/c1-28(2)13-14-8-18(11-19(9-14)23(24,25)26)21(29)27-20-7-6-15-4-5-16(22(30)31-3)10-17(15)12-20/h6-9,11-12,16H,4-5,10,13H2,1-3H3,(H,27,29). The van der Waals surface area contributed by atoms with E-state index in [1.54, 1.807) is 31.1 Å². The Bertz CT molecular complexity index is 987. The molecular formula is C23H25F3N2O3. The quantitative estimate of drug-likeness (QED) is 0.713. The topological polar surface area (TPSA) is 58.6 Å². The molecule has 1 aliphatic carbocycles. The molecule has 1 amide bonds. The average molecular weight is 434 g/mol. The Morgan fingerprint density at radius 2 is 1.87 bits per heavy atom. The monoisotopic (exact) mass is 434 g/mol. The fourth-order valence-corrected chi connectivity index (χ4v) is 3.85. The number of amides is 1. The minimum atomic E-state index is -4.55. The van der Waals surface area contributed by atoms with Crippen LogP contribution in [0.4, 0.5) is 18.9 Å². The van der Waals surface area contributed by atoms with Crippen LogP contribution in [0, 0.1) is 5.92 Å². The second-order valence-corrected chi connectivity index (χ2v) is 8.05. The van der Waals surface area contributed by atoms with Gasteiger partial charge < -0.3 is 15.0 Å². The van der Waals surface area contributed by atoms with Crippen molar-refractivity contribution in [1.29, 1.82) is 0 Å². The van der Waals surface area contributed by atoms with Gasteiger partial charge in [0.25, 0.3) is 5.91 Å². The molecule has 2 aromatic carbocycles. The molecule has 0 saturated carbocycles. The molecule has 0 aromatic heterocycles. The number of nitrogens with one attached hydrogen (secondary N) is 1. The largest absolute Gasteiger partial charge is 0.469 e. The van der Waals surface area contributed by atoms with Gasteiger partial charge in [0.2, 0.25) is 0 Å². The molecule has 0 fully saturated rings. The number of ether oxygens (including phenoxy) is 1. The first-order chi connectivity index (χ1) is 14.6. The predicted octanol–water partition coefficient (Wildman–Crippen LogP) is 4.30. The van der Waals surface area contributed by atoms with Crippen molar-refractivity contribution in [2.24, 2.45) is 5.92 Å². The van der Waals surface area contributed by atoms with E-state index in [0.29, 0.717) is 24.1 Å². The number of nitrogens with zero attached hydrogens (tertiary/aromatic N) is 1. The number of benzene rings is 2. The number of esters is 1. The molecule has 2 aromatic rings. The SMILES string of the molecule is COC(=O)C1CCc2ccc(NC(=O)c3cc(CN(C)C)cc(C(F)(F)F)c3)cc2C1. The normalized spacial score (nSPS) is 16.0. The van der Waals surface area contributed by atoms with Crippen molar-refractivity contribution >= 4 is 17.6 Å². The van der Waals surface area contributed by atoms with Crippen LogP contribution in [0.5, 0.6) is 0 Å². The first kappa shape index (κ1) is 22.8. The highest BCUT2D eigenvalue weighted by Gasteiger charge is 2.32. The number of methoxy groups -OCH3 is 1. The summed E-state index contributed by atoms with van der Waals surface area (Å²) < 4.78 is 44.8. The third-order valence-electron chi connectivity index (χ3n) is 5.31. The number of carbonyl (C=O) groups excluding carboxylic acids is 2. The van der Waals surface area contributed by atoms with Gasteiger partial charge in [0, 0.05) is 17.8 Å². The van der Waals surface area contributed by atoms with Crippen molar-refractivity contribution < 1.29 is 27.5 Å². The van der Waals surface area contributed by atoms with Crippen LogP contribution >= 0.6 is 0 Å². The van der Waals surface area contributed by atoms with Gasteiger partial charge in [-0.3, -0.25) is 9.59 Å². The van der Waals surface area contributed by atoms with Crippen molar-refractivity contribution in [2.45, 2.75) is 32.0 Å². The second-order valence-electron chi connectivity index (χ2n) is 8.05. The van der Waals surface area contributed by atoms with Crippen molar-refractivity contribution in [3.63, 3.8) is 0 Å². The zero-order chi connectivity index (χ0) is 22.8. The summed E-state index contributed by atoms with van der Waals surface area (Å²) in [7, 11) is 4.84. The van der Waals surface area contributed by atoms with Crippen molar-refractivity contribution in [2.75, 3.05) is 26.5 Å². The zero-order valence-electron chi connectivity index (χ0n) is 17.7. The van der Waals surface area contributed by atoms with Gasteiger partial charge in [-0.2, -0.15) is 13.2 Å². The lowest BCUT2D eigenvalue weighted by Gasteiger charge is -2.23. The molecule has 31 heavy (non-hydrogen) atoms. The number of aryl methyl sites for hydroxylation is 1. The summed E-state index contributed by atoms with van der Waals surface area (Å²) in [5.41, 5.74) is 1.97. The van der Waals surface area contributed by atoms with Gasteiger partial charge in [-0.25, -0.2) is 0 Å². The molecule has 0 aliphatic heterocycles. The van der Waals surface area contributed by atoms with Gasteiger partial charge in [-0.15, -0.1) is 0 Å². The number of fused-ring (bicyclic) bond motifs is 1. The van der Waals surface area contributed by atoms with E-state index in [-0.39, 0.29) is 24.0 Å². The molecule has 166 valence electrons. The van der Waals surface area contributed by atoms with E-state index in [2.05, 4.69) is 5.32 Å². The molecule has 3 rings (SSSR count). The molecule has 0 bridgehead atoms. The highest BCUT2D eigenvalue weighted by atomic mass is 19.4. The fraction of sp³-hybridized carbons (Fsp3) is 0.391. The summed E-state index contributed by atoms with van der Waals surface area (Å²) in [5.74, 6) is -1.12. The van der Waals surface area contributed by atoms with Gasteiger partial charge in [0.15, 0.2) is 0 Å². The van der Waals surface area contributed by atoms with Crippen molar-refractivity contribution in [3.8, 4) is 0 Å². The van der Waals surface area contributed by atoms with Crippen LogP contribution in [-0.2, 0) is 35.1 Å². The lowest BCUT2D eigenvalue weighted by Crippen LogP contribution is -2.24. The molecule has 1 atom stereocenters. The summed E-state index contributed by atoms with van der Waals surface area (Å²) >= 11 is 0. The van der Waals surface area contributed by atoms with E-state index in [9.17, 15) is 22.8 Å². The molecule has 0 saturated heterocycles. The van der Waals surface area contributed by atoms with E-state index in [4.69, 9.17) is 4.74 Å². The van der Waals surface area contributed by atoms with E-state index in [0.717, 1.165) is 29.7 Å². The second kappa shape index (κ2) is 9.09. The Morgan fingerprint density at radius 1 is 1.13 bits per heavy atom. The van der Waals surface area contributed by atoms with Gasteiger partial charge >= 0.3 is 12.1 Å². The van der Waals surface area contributed by atoms with Crippen LogP contribution in [0.15, 0.2) is 36.4 Å². The van der Waals surface area contributed by atoms with Crippen LogP contribution in [0.3, 0.4) is 0 Å². The van der Waals surface area contributed by atoms with Crippen LogP contribution in [-0.4, -0.2) is 38.0 Å². The summed E-state index contributed by atoms with van der Waals surface area (Å²) in [6, 6.07) is 8.77. The molecule has 1 aliphatic rings. The molecule has 0 radical (unpaired) electrons. The van der Waals surface area contributed by atoms with Crippen molar-refractivity contribution in [3.05, 3.63) is 64.2 Å². The first-order valence-corrected chi connectivity index (χ1v) is 9.93. The van der Waals surface area contributed by atoms with Gasteiger partial charge in [-0.05, 0) is 80.4 Å². The summed E-state index contributed by atoms with van der Waals surface area (Å²) in [4.78, 5) is 26.3. The Balaban J connectivity index is 1.84. The van der Waals surface area contributed by atoms with Gasteiger partial charge in [-0.1, -0.05) is 6.07 Å². The summed E-state index contributed by atoms with van der Waals surface area (Å²) in [5, 5.41) is 2.69. The summed E-state index contributed by atoms with van der Waals surface area (Å²) in [6.07, 6.45) is -2.62. The number of hydrogen-bond acceptors (Lipinski definition) is 4. The fourth-order valence-electron chi connectivity index (χ4n) is 3.85. The number of rotatable bonds is 5. The number of carbonyl (C=O) groups is 2. The molecule has 1 N–H and O–H groups in total. The molecule has 1 unspecified atom stereocenters. The smallest absolute Gasteiger partial charge is 0.416 e. The Hall–Kier alpha value is -2.87. The van der Waals surface area contributed by atoms with Crippen molar-refractivity contribution in [1.82, 2.24) is 4.90 Å². The maximum absolute atomic E-state index is 13.3. The number of hydrogen-bond donors (Lipinski definition) is 1. The highest BCUT2D eigenvalue weighted by molar-refractivity contribution is 6.04. The van der Waals surface area contributed by atoms with Crippen LogP contribution in [0.2, 0.25) is 0 Å². The van der Waals surface area contributed by atoms with E-state index in [1.807, 2.05) is 6.07 Å².